The molecule has 0 amide bonds. The van der Waals surface area contributed by atoms with Gasteiger partial charge in [0, 0.05) is 39.3 Å². The van der Waals surface area contributed by atoms with Gasteiger partial charge in [0.1, 0.15) is 11.4 Å². The highest BCUT2D eigenvalue weighted by Crippen LogP contribution is 2.14. The van der Waals surface area contributed by atoms with Gasteiger partial charge >= 0.3 is 11.9 Å². The van der Waals surface area contributed by atoms with Crippen molar-refractivity contribution in [2.75, 3.05) is 13.1 Å². The van der Waals surface area contributed by atoms with Crippen LogP contribution in [0, 0.1) is 18.3 Å². The van der Waals surface area contributed by atoms with Crippen molar-refractivity contribution in [1.29, 1.82) is 5.26 Å². The predicted molar refractivity (Wildman–Crippen MR) is 153 cm³/mol. The smallest absolute Gasteiger partial charge is 0.354 e. The molecule has 9 nitrogen and oxygen atoms in total. The molecule has 0 aliphatic carbocycles. The second-order valence-electron chi connectivity index (χ2n) is 9.85. The van der Waals surface area contributed by atoms with Gasteiger partial charge in [-0.3, -0.25) is 9.80 Å². The lowest BCUT2D eigenvalue weighted by atomic mass is 10.1. The topological polar surface area (TPSA) is 131 Å². The average molecular weight is 550 g/mol. The summed E-state index contributed by atoms with van der Waals surface area (Å²) in [6.45, 7) is 5.35. The number of aryl methyl sites for hydroxylation is 1. The van der Waals surface area contributed by atoms with Crippen molar-refractivity contribution in [3.8, 4) is 6.07 Å². The maximum Gasteiger partial charge on any atom is 0.354 e. The van der Waals surface area contributed by atoms with Crippen LogP contribution in [0.15, 0.2) is 84.9 Å². The highest BCUT2D eigenvalue weighted by molar-refractivity contribution is 5.85. The lowest BCUT2D eigenvalue weighted by molar-refractivity contribution is 0.0679. The molecule has 0 saturated carbocycles. The fourth-order valence-electron chi connectivity index (χ4n) is 4.44. The lowest BCUT2D eigenvalue weighted by Gasteiger charge is -2.28. The highest BCUT2D eigenvalue weighted by Gasteiger charge is 2.15. The Kier molecular flexibility index (Phi) is 9.89. The fourth-order valence-corrected chi connectivity index (χ4v) is 4.44. The van der Waals surface area contributed by atoms with Crippen molar-refractivity contribution < 1.29 is 19.8 Å². The van der Waals surface area contributed by atoms with Crippen molar-refractivity contribution in [1.82, 2.24) is 19.8 Å². The second kappa shape index (κ2) is 13.9. The second-order valence-corrected chi connectivity index (χ2v) is 9.85. The Morgan fingerprint density at radius 3 is 1.54 bits per heavy atom. The van der Waals surface area contributed by atoms with Crippen LogP contribution in [-0.2, 0) is 26.2 Å². The highest BCUT2D eigenvalue weighted by atomic mass is 16.4. The molecule has 4 rings (SSSR count). The van der Waals surface area contributed by atoms with Gasteiger partial charge in [0.15, 0.2) is 0 Å². The largest absolute Gasteiger partial charge is 0.477 e. The van der Waals surface area contributed by atoms with E-state index in [1.165, 1.54) is 17.7 Å². The number of nitrogens with zero attached hydrogens (tertiary/aromatic N) is 5. The van der Waals surface area contributed by atoms with Crippen LogP contribution in [0.5, 0.6) is 0 Å². The standard InChI is InChI=1S/C32H31N5O4/c1-23-8-10-25(11-9-23)19-36(21-27-4-2-6-29(34-27)31(38)39)16-17-37(20-26-14-12-24(18-33)13-15-26)22-28-5-3-7-30(35-28)32(40)41/h2-15H,16-17,19-22H2,1H3,(H,38,39)(H,40,41). The van der Waals surface area contributed by atoms with Crippen molar-refractivity contribution in [2.45, 2.75) is 33.1 Å². The zero-order valence-electron chi connectivity index (χ0n) is 22.8. The minimum atomic E-state index is -1.08. The number of hydrogen-bond donors (Lipinski definition) is 2. The van der Waals surface area contributed by atoms with Crippen molar-refractivity contribution in [3.63, 3.8) is 0 Å². The third-order valence-corrected chi connectivity index (χ3v) is 6.57. The van der Waals surface area contributed by atoms with Crippen molar-refractivity contribution in [2.24, 2.45) is 0 Å². The average Bonchev–Trinajstić information content (AvgIpc) is 2.97. The van der Waals surface area contributed by atoms with Crippen LogP contribution in [0.4, 0.5) is 0 Å². The number of carbonyl (C=O) groups is 2. The Hall–Kier alpha value is -4.91. The zero-order valence-corrected chi connectivity index (χ0v) is 22.8. The van der Waals surface area contributed by atoms with Gasteiger partial charge < -0.3 is 10.2 Å². The minimum absolute atomic E-state index is 0.00427. The quantitative estimate of drug-likeness (QED) is 0.242. The van der Waals surface area contributed by atoms with Gasteiger partial charge in [-0.2, -0.15) is 5.26 Å². The van der Waals surface area contributed by atoms with Crippen LogP contribution in [0.3, 0.4) is 0 Å². The van der Waals surface area contributed by atoms with Crippen molar-refractivity contribution in [3.05, 3.63) is 130 Å². The van der Waals surface area contributed by atoms with Crippen LogP contribution in [0.25, 0.3) is 0 Å². The van der Waals surface area contributed by atoms with E-state index in [0.29, 0.717) is 56.2 Å². The number of aromatic nitrogens is 2. The maximum atomic E-state index is 11.5. The number of hydrogen-bond acceptors (Lipinski definition) is 7. The first-order valence-corrected chi connectivity index (χ1v) is 13.2. The summed E-state index contributed by atoms with van der Waals surface area (Å²) in [7, 11) is 0. The predicted octanol–water partition coefficient (Wildman–Crippen LogP) is 4.76. The van der Waals surface area contributed by atoms with E-state index in [-0.39, 0.29) is 11.4 Å². The molecule has 0 aliphatic rings. The normalized spacial score (nSPS) is 11.0. The molecule has 9 heteroatoms. The molecule has 2 heterocycles. The van der Waals surface area contributed by atoms with Crippen LogP contribution in [0.1, 0.15) is 54.6 Å². The summed E-state index contributed by atoms with van der Waals surface area (Å²) >= 11 is 0. The molecule has 0 unspecified atom stereocenters. The number of carboxylic acid groups (broad SMARTS) is 2. The molecule has 0 aliphatic heterocycles. The molecule has 41 heavy (non-hydrogen) atoms. The molecule has 2 aromatic carbocycles. The summed E-state index contributed by atoms with van der Waals surface area (Å²) in [6.07, 6.45) is 0. The summed E-state index contributed by atoms with van der Waals surface area (Å²) in [5.41, 5.74) is 5.18. The monoisotopic (exact) mass is 549 g/mol. The van der Waals surface area contributed by atoms with Crippen molar-refractivity contribution >= 4 is 11.9 Å². The van der Waals surface area contributed by atoms with Crippen LogP contribution in [0.2, 0.25) is 0 Å². The van der Waals surface area contributed by atoms with E-state index in [9.17, 15) is 19.8 Å². The molecule has 208 valence electrons. The molecule has 2 aromatic heterocycles. The molecule has 4 aromatic rings. The number of aromatic carboxylic acids is 2. The summed E-state index contributed by atoms with van der Waals surface area (Å²) in [4.78, 5) is 36.0. The van der Waals surface area contributed by atoms with Crippen LogP contribution >= 0.6 is 0 Å². The van der Waals surface area contributed by atoms with Gasteiger partial charge in [0.25, 0.3) is 0 Å². The Labute approximate surface area is 239 Å². The number of carboxylic acids is 2. The van der Waals surface area contributed by atoms with E-state index in [4.69, 9.17) is 5.26 Å². The molecule has 0 atom stereocenters. The Morgan fingerprint density at radius 1 is 0.683 bits per heavy atom. The summed E-state index contributed by atoms with van der Waals surface area (Å²) in [5, 5.41) is 28.0. The Balaban J connectivity index is 1.56. The first kappa shape index (κ1) is 29.1. The number of pyridine rings is 2. The van der Waals surface area contributed by atoms with Crippen LogP contribution < -0.4 is 0 Å². The number of benzene rings is 2. The summed E-state index contributed by atoms with van der Waals surface area (Å²) < 4.78 is 0. The summed E-state index contributed by atoms with van der Waals surface area (Å²) in [6, 6.07) is 27.8. The molecule has 2 N–H and O–H groups in total. The SMILES string of the molecule is Cc1ccc(CN(CCN(Cc2ccc(C#N)cc2)Cc2cccc(C(=O)O)n2)Cc2cccc(C(=O)O)n2)cc1. The minimum Gasteiger partial charge on any atom is -0.477 e. The van der Waals surface area contributed by atoms with Gasteiger partial charge in [-0.15, -0.1) is 0 Å². The molecule has 0 bridgehead atoms. The van der Waals surface area contributed by atoms with Gasteiger partial charge in [0.05, 0.1) is 23.0 Å². The molecule has 0 radical (unpaired) electrons. The van der Waals surface area contributed by atoms with E-state index >= 15 is 0 Å². The molecule has 0 fully saturated rings. The number of rotatable bonds is 13. The van der Waals surface area contributed by atoms with E-state index in [0.717, 1.165) is 11.1 Å². The van der Waals surface area contributed by atoms with Gasteiger partial charge in [0.2, 0.25) is 0 Å². The molecular weight excluding hydrogens is 518 g/mol. The fraction of sp³-hybridized carbons (Fsp3) is 0.219. The first-order chi connectivity index (χ1) is 19.8. The lowest BCUT2D eigenvalue weighted by Crippen LogP contribution is -2.34. The third kappa shape index (κ3) is 8.80. The van der Waals surface area contributed by atoms with Gasteiger partial charge in [-0.25, -0.2) is 19.6 Å². The first-order valence-electron chi connectivity index (χ1n) is 13.2. The van der Waals surface area contributed by atoms with E-state index in [1.807, 2.05) is 31.2 Å². The third-order valence-electron chi connectivity index (χ3n) is 6.57. The van der Waals surface area contributed by atoms with Crippen LogP contribution in [-0.4, -0.2) is 55.0 Å². The van der Waals surface area contributed by atoms with Gasteiger partial charge in [-0.1, -0.05) is 54.1 Å². The molecule has 0 saturated heterocycles. The maximum absolute atomic E-state index is 11.5. The molecular formula is C32H31N5O4. The Morgan fingerprint density at radius 2 is 1.12 bits per heavy atom. The zero-order chi connectivity index (χ0) is 29.2. The number of nitriles is 1. The Bertz CT molecular complexity index is 1530. The summed E-state index contributed by atoms with van der Waals surface area (Å²) in [5.74, 6) is -2.15. The van der Waals surface area contributed by atoms with Gasteiger partial charge in [-0.05, 0) is 54.4 Å². The van der Waals surface area contributed by atoms with E-state index < -0.39 is 11.9 Å². The van der Waals surface area contributed by atoms with E-state index in [2.05, 4.69) is 50.1 Å². The molecule has 0 spiro atoms. The van der Waals surface area contributed by atoms with E-state index in [1.54, 1.807) is 24.3 Å².